The highest BCUT2D eigenvalue weighted by molar-refractivity contribution is 4.87. The van der Waals surface area contributed by atoms with Gasteiger partial charge in [0.05, 0.1) is 0 Å². The van der Waals surface area contributed by atoms with Gasteiger partial charge >= 0.3 is 0 Å². The molecule has 3 nitrogen and oxygen atoms in total. The lowest BCUT2D eigenvalue weighted by Gasteiger charge is -2.42. The van der Waals surface area contributed by atoms with E-state index >= 15 is 0 Å². The maximum atomic E-state index is 6.04. The molecule has 0 saturated carbocycles. The van der Waals surface area contributed by atoms with Gasteiger partial charge in [0, 0.05) is 32.3 Å². The van der Waals surface area contributed by atoms with Crippen molar-refractivity contribution in [3.8, 4) is 0 Å². The molecule has 0 amide bonds. The Balaban J connectivity index is 2.62. The molecule has 0 aliphatic carbocycles. The van der Waals surface area contributed by atoms with Gasteiger partial charge in [0.2, 0.25) is 0 Å². The monoisotopic (exact) mass is 242 g/mol. The second kappa shape index (κ2) is 6.72. The van der Waals surface area contributed by atoms with Crippen LogP contribution in [0.25, 0.3) is 0 Å². The summed E-state index contributed by atoms with van der Waals surface area (Å²) in [5.41, 5.74) is 6.32. The summed E-state index contributed by atoms with van der Waals surface area (Å²) >= 11 is 0. The summed E-state index contributed by atoms with van der Waals surface area (Å²) in [4.78, 5) is 2.59. The van der Waals surface area contributed by atoms with E-state index in [1.54, 1.807) is 0 Å². The summed E-state index contributed by atoms with van der Waals surface area (Å²) in [6.07, 6.45) is 2.23. The number of nitrogens with two attached hydrogens (primary N) is 1. The summed E-state index contributed by atoms with van der Waals surface area (Å²) in [6.45, 7) is 14.0. The van der Waals surface area contributed by atoms with Crippen molar-refractivity contribution in [2.24, 2.45) is 17.1 Å². The second-order valence-electron chi connectivity index (χ2n) is 6.23. The van der Waals surface area contributed by atoms with Crippen LogP contribution in [0.4, 0.5) is 0 Å². The minimum Gasteiger partial charge on any atom is -0.381 e. The Morgan fingerprint density at radius 3 is 2.18 bits per heavy atom. The van der Waals surface area contributed by atoms with E-state index in [0.717, 1.165) is 39.1 Å². The van der Waals surface area contributed by atoms with Crippen molar-refractivity contribution in [1.82, 2.24) is 4.90 Å². The average Bonchev–Trinajstić information content (AvgIpc) is 2.29. The van der Waals surface area contributed by atoms with E-state index in [4.69, 9.17) is 10.5 Å². The molecule has 0 aromatic carbocycles. The molecule has 1 aliphatic rings. The molecule has 1 fully saturated rings. The standard InChI is InChI=1S/C14H30N2O/c1-12(2)9-16(13(3)4)11-14(10-15)5-7-17-8-6-14/h12-13H,5-11,15H2,1-4H3. The van der Waals surface area contributed by atoms with Crippen molar-refractivity contribution in [2.45, 2.75) is 46.6 Å². The van der Waals surface area contributed by atoms with Crippen LogP contribution in [0, 0.1) is 11.3 Å². The molecular weight excluding hydrogens is 212 g/mol. The molecule has 0 bridgehead atoms. The molecule has 0 aromatic rings. The zero-order valence-electron chi connectivity index (χ0n) is 12.0. The van der Waals surface area contributed by atoms with E-state index in [9.17, 15) is 0 Å². The summed E-state index contributed by atoms with van der Waals surface area (Å²) in [5, 5.41) is 0. The number of rotatable bonds is 6. The van der Waals surface area contributed by atoms with Crippen LogP contribution in [-0.4, -0.2) is 43.8 Å². The Bertz CT molecular complexity index is 210. The van der Waals surface area contributed by atoms with Gasteiger partial charge in [0.25, 0.3) is 0 Å². The van der Waals surface area contributed by atoms with Crippen LogP contribution in [-0.2, 0) is 4.74 Å². The SMILES string of the molecule is CC(C)CN(CC1(CN)CCOCC1)C(C)C. The predicted molar refractivity (Wildman–Crippen MR) is 73.1 cm³/mol. The van der Waals surface area contributed by atoms with Crippen LogP contribution in [0.15, 0.2) is 0 Å². The van der Waals surface area contributed by atoms with Gasteiger partial charge < -0.3 is 15.4 Å². The van der Waals surface area contributed by atoms with E-state index in [-0.39, 0.29) is 5.41 Å². The summed E-state index contributed by atoms with van der Waals surface area (Å²) in [5.74, 6) is 0.715. The smallest absolute Gasteiger partial charge is 0.0472 e. The Morgan fingerprint density at radius 2 is 1.76 bits per heavy atom. The molecule has 0 unspecified atom stereocenters. The quantitative estimate of drug-likeness (QED) is 0.775. The zero-order valence-corrected chi connectivity index (χ0v) is 12.0. The molecule has 102 valence electrons. The van der Waals surface area contributed by atoms with Crippen LogP contribution in [0.5, 0.6) is 0 Å². The van der Waals surface area contributed by atoms with E-state index < -0.39 is 0 Å². The first kappa shape index (κ1) is 14.9. The van der Waals surface area contributed by atoms with Gasteiger partial charge in [-0.15, -0.1) is 0 Å². The Hall–Kier alpha value is -0.120. The molecule has 1 rings (SSSR count). The van der Waals surface area contributed by atoms with Crippen LogP contribution < -0.4 is 5.73 Å². The second-order valence-corrected chi connectivity index (χ2v) is 6.23. The lowest BCUT2D eigenvalue weighted by molar-refractivity contribution is -0.00732. The fourth-order valence-corrected chi connectivity index (χ4v) is 2.59. The largest absolute Gasteiger partial charge is 0.381 e. The maximum Gasteiger partial charge on any atom is 0.0472 e. The van der Waals surface area contributed by atoms with E-state index in [1.165, 1.54) is 6.54 Å². The fourth-order valence-electron chi connectivity index (χ4n) is 2.59. The normalized spacial score (nSPS) is 20.5. The van der Waals surface area contributed by atoms with Crippen LogP contribution in [0.3, 0.4) is 0 Å². The Labute approximate surface area is 107 Å². The van der Waals surface area contributed by atoms with Crippen molar-refractivity contribution < 1.29 is 4.74 Å². The first-order valence-electron chi connectivity index (χ1n) is 7.01. The van der Waals surface area contributed by atoms with Gasteiger partial charge in [-0.2, -0.15) is 0 Å². The Kier molecular flexibility index (Phi) is 5.90. The van der Waals surface area contributed by atoms with Gasteiger partial charge in [0.1, 0.15) is 0 Å². The average molecular weight is 242 g/mol. The van der Waals surface area contributed by atoms with Crippen molar-refractivity contribution in [3.05, 3.63) is 0 Å². The molecule has 2 N–H and O–H groups in total. The highest BCUT2D eigenvalue weighted by Crippen LogP contribution is 2.31. The number of hydrogen-bond donors (Lipinski definition) is 1. The van der Waals surface area contributed by atoms with E-state index in [1.807, 2.05) is 0 Å². The summed E-state index contributed by atoms with van der Waals surface area (Å²) < 4.78 is 5.48. The number of hydrogen-bond acceptors (Lipinski definition) is 3. The van der Waals surface area contributed by atoms with Gasteiger partial charge in [-0.25, -0.2) is 0 Å². The topological polar surface area (TPSA) is 38.5 Å². The molecule has 17 heavy (non-hydrogen) atoms. The first-order chi connectivity index (χ1) is 7.99. The van der Waals surface area contributed by atoms with Crippen molar-refractivity contribution >= 4 is 0 Å². The Morgan fingerprint density at radius 1 is 1.18 bits per heavy atom. The third kappa shape index (κ3) is 4.57. The first-order valence-corrected chi connectivity index (χ1v) is 7.01. The fraction of sp³-hybridized carbons (Fsp3) is 1.00. The molecule has 1 aliphatic heterocycles. The van der Waals surface area contributed by atoms with Crippen LogP contribution in [0.1, 0.15) is 40.5 Å². The maximum absolute atomic E-state index is 6.04. The zero-order chi connectivity index (χ0) is 12.9. The van der Waals surface area contributed by atoms with E-state index in [0.29, 0.717) is 12.0 Å². The summed E-state index contributed by atoms with van der Waals surface area (Å²) in [6, 6.07) is 0.601. The molecule has 0 spiro atoms. The predicted octanol–water partition coefficient (Wildman–Crippen LogP) is 2.11. The molecule has 1 saturated heterocycles. The molecule has 3 heteroatoms. The molecular formula is C14H30N2O. The van der Waals surface area contributed by atoms with E-state index in [2.05, 4.69) is 32.6 Å². The lowest BCUT2D eigenvalue weighted by Crippen LogP contribution is -2.49. The van der Waals surface area contributed by atoms with Gasteiger partial charge in [0.15, 0.2) is 0 Å². The van der Waals surface area contributed by atoms with Crippen LogP contribution in [0.2, 0.25) is 0 Å². The minimum absolute atomic E-state index is 0.289. The third-order valence-corrected chi connectivity index (χ3v) is 3.85. The molecule has 0 atom stereocenters. The molecule has 1 heterocycles. The van der Waals surface area contributed by atoms with Crippen molar-refractivity contribution in [2.75, 3.05) is 32.8 Å². The van der Waals surface area contributed by atoms with Gasteiger partial charge in [-0.3, -0.25) is 0 Å². The molecule has 0 aromatic heterocycles. The lowest BCUT2D eigenvalue weighted by atomic mass is 9.79. The minimum atomic E-state index is 0.289. The summed E-state index contributed by atoms with van der Waals surface area (Å²) in [7, 11) is 0. The molecule has 0 radical (unpaired) electrons. The van der Waals surface area contributed by atoms with Crippen LogP contribution >= 0.6 is 0 Å². The van der Waals surface area contributed by atoms with Gasteiger partial charge in [-0.1, -0.05) is 13.8 Å². The number of nitrogens with zero attached hydrogens (tertiary/aromatic N) is 1. The highest BCUT2D eigenvalue weighted by atomic mass is 16.5. The number of ether oxygens (including phenoxy) is 1. The highest BCUT2D eigenvalue weighted by Gasteiger charge is 2.33. The van der Waals surface area contributed by atoms with Gasteiger partial charge in [-0.05, 0) is 44.6 Å². The van der Waals surface area contributed by atoms with Crippen molar-refractivity contribution in [3.63, 3.8) is 0 Å². The third-order valence-electron chi connectivity index (χ3n) is 3.85. The van der Waals surface area contributed by atoms with Crippen molar-refractivity contribution in [1.29, 1.82) is 0 Å².